The SMILES string of the molecule is Fc1cc2ncc3[nH]cnc3c2cc1-c1ccc2[nH]ccc2c1. The molecule has 5 aromatic rings. The summed E-state index contributed by atoms with van der Waals surface area (Å²) in [4.78, 5) is 14.8. The molecule has 3 heterocycles. The first-order valence-corrected chi connectivity index (χ1v) is 7.28. The number of hydrogen-bond donors (Lipinski definition) is 2. The Balaban J connectivity index is 1.83. The molecule has 0 aliphatic rings. The zero-order chi connectivity index (χ0) is 15.4. The molecule has 5 rings (SSSR count). The standard InChI is InChI=1S/C18H11FN4/c19-14-7-16-13(18-17(8-21-16)22-9-23-18)6-12(14)10-1-2-15-11(5-10)3-4-20-15/h1-9,20H,(H,22,23). The number of pyridine rings is 1. The molecule has 5 heteroatoms. The third-order valence-electron chi connectivity index (χ3n) is 4.21. The number of nitrogens with zero attached hydrogens (tertiary/aromatic N) is 2. The van der Waals surface area contributed by atoms with Crippen molar-refractivity contribution in [1.29, 1.82) is 0 Å². The molecular weight excluding hydrogens is 291 g/mol. The van der Waals surface area contributed by atoms with E-state index >= 15 is 0 Å². The Morgan fingerprint density at radius 1 is 0.913 bits per heavy atom. The molecule has 0 fully saturated rings. The molecule has 4 nitrogen and oxygen atoms in total. The number of aromatic amines is 2. The molecule has 3 aromatic heterocycles. The zero-order valence-corrected chi connectivity index (χ0v) is 12.0. The van der Waals surface area contributed by atoms with Crippen LogP contribution >= 0.6 is 0 Å². The maximum Gasteiger partial charge on any atom is 0.133 e. The lowest BCUT2D eigenvalue weighted by molar-refractivity contribution is 0.633. The largest absolute Gasteiger partial charge is 0.361 e. The second-order valence-corrected chi connectivity index (χ2v) is 5.55. The molecule has 0 radical (unpaired) electrons. The van der Waals surface area contributed by atoms with Crippen LogP contribution in [0, 0.1) is 5.82 Å². The fraction of sp³-hybridized carbons (Fsp3) is 0. The summed E-state index contributed by atoms with van der Waals surface area (Å²) in [6, 6.07) is 11.1. The molecule has 23 heavy (non-hydrogen) atoms. The van der Waals surface area contributed by atoms with Crippen LogP contribution in [0.5, 0.6) is 0 Å². The van der Waals surface area contributed by atoms with Gasteiger partial charge in [-0.05, 0) is 35.2 Å². The van der Waals surface area contributed by atoms with E-state index in [9.17, 15) is 4.39 Å². The average Bonchev–Trinajstić information content (AvgIpc) is 3.22. The summed E-state index contributed by atoms with van der Waals surface area (Å²) in [7, 11) is 0. The average molecular weight is 302 g/mol. The minimum atomic E-state index is -0.283. The Morgan fingerprint density at radius 3 is 2.83 bits per heavy atom. The lowest BCUT2D eigenvalue weighted by Crippen LogP contribution is -1.89. The van der Waals surface area contributed by atoms with Gasteiger partial charge in [-0.15, -0.1) is 0 Å². The fourth-order valence-electron chi connectivity index (χ4n) is 3.05. The number of H-pyrrole nitrogens is 2. The Kier molecular flexibility index (Phi) is 2.36. The van der Waals surface area contributed by atoms with Gasteiger partial charge in [0.15, 0.2) is 0 Å². The van der Waals surface area contributed by atoms with Crippen molar-refractivity contribution in [2.75, 3.05) is 0 Å². The lowest BCUT2D eigenvalue weighted by Gasteiger charge is -2.07. The van der Waals surface area contributed by atoms with E-state index in [0.29, 0.717) is 11.1 Å². The number of benzene rings is 2. The van der Waals surface area contributed by atoms with Crippen LogP contribution in [-0.2, 0) is 0 Å². The van der Waals surface area contributed by atoms with Crippen molar-refractivity contribution in [3.05, 3.63) is 60.9 Å². The number of halogens is 1. The number of fused-ring (bicyclic) bond motifs is 4. The van der Waals surface area contributed by atoms with Crippen LogP contribution in [0.3, 0.4) is 0 Å². The number of hydrogen-bond acceptors (Lipinski definition) is 2. The first-order chi connectivity index (χ1) is 11.3. The van der Waals surface area contributed by atoms with Gasteiger partial charge < -0.3 is 9.97 Å². The smallest absolute Gasteiger partial charge is 0.133 e. The lowest BCUT2D eigenvalue weighted by atomic mass is 10.0. The number of imidazole rings is 1. The Hall–Kier alpha value is -3.21. The molecule has 0 saturated carbocycles. The molecule has 0 bridgehead atoms. The minimum absolute atomic E-state index is 0.283. The van der Waals surface area contributed by atoms with E-state index in [1.165, 1.54) is 6.07 Å². The number of rotatable bonds is 1. The molecule has 0 atom stereocenters. The van der Waals surface area contributed by atoms with Gasteiger partial charge in [-0.2, -0.15) is 0 Å². The normalized spacial score (nSPS) is 11.7. The van der Waals surface area contributed by atoms with Gasteiger partial charge in [-0.25, -0.2) is 9.37 Å². The maximum atomic E-state index is 14.6. The Labute approximate surface area is 130 Å². The summed E-state index contributed by atoms with van der Waals surface area (Å²) in [5.41, 5.74) is 4.68. The number of aromatic nitrogens is 4. The highest BCUT2D eigenvalue weighted by Crippen LogP contribution is 2.31. The molecular formula is C18H11FN4. The van der Waals surface area contributed by atoms with Gasteiger partial charge >= 0.3 is 0 Å². The molecule has 0 saturated heterocycles. The summed E-state index contributed by atoms with van der Waals surface area (Å²) in [5, 5.41) is 1.90. The maximum absolute atomic E-state index is 14.6. The van der Waals surface area contributed by atoms with Gasteiger partial charge in [-0.1, -0.05) is 6.07 Å². The second kappa shape index (κ2) is 4.39. The zero-order valence-electron chi connectivity index (χ0n) is 12.0. The molecule has 2 N–H and O–H groups in total. The van der Waals surface area contributed by atoms with Crippen molar-refractivity contribution < 1.29 is 4.39 Å². The van der Waals surface area contributed by atoms with Gasteiger partial charge in [0.2, 0.25) is 0 Å². The van der Waals surface area contributed by atoms with E-state index in [0.717, 1.165) is 32.9 Å². The number of nitrogens with one attached hydrogen (secondary N) is 2. The van der Waals surface area contributed by atoms with Crippen LogP contribution in [0.2, 0.25) is 0 Å². The molecule has 0 amide bonds. The van der Waals surface area contributed by atoms with E-state index in [-0.39, 0.29) is 5.82 Å². The van der Waals surface area contributed by atoms with Gasteiger partial charge in [0.25, 0.3) is 0 Å². The fourth-order valence-corrected chi connectivity index (χ4v) is 3.05. The van der Waals surface area contributed by atoms with Gasteiger partial charge in [-0.3, -0.25) is 4.98 Å². The quantitative estimate of drug-likeness (QED) is 0.482. The van der Waals surface area contributed by atoms with E-state index in [2.05, 4.69) is 19.9 Å². The van der Waals surface area contributed by atoms with Gasteiger partial charge in [0.1, 0.15) is 5.82 Å². The molecule has 0 unspecified atom stereocenters. The minimum Gasteiger partial charge on any atom is -0.361 e. The summed E-state index contributed by atoms with van der Waals surface area (Å²) in [6.45, 7) is 0. The predicted molar refractivity (Wildman–Crippen MR) is 88.6 cm³/mol. The van der Waals surface area contributed by atoms with Crippen molar-refractivity contribution in [1.82, 2.24) is 19.9 Å². The molecule has 0 spiro atoms. The summed E-state index contributed by atoms with van der Waals surface area (Å²) < 4.78 is 14.6. The molecule has 0 aliphatic heterocycles. The van der Waals surface area contributed by atoms with Crippen molar-refractivity contribution in [3.8, 4) is 11.1 Å². The molecule has 0 aliphatic carbocycles. The van der Waals surface area contributed by atoms with Crippen LogP contribution in [0.25, 0.3) is 44.0 Å². The van der Waals surface area contributed by atoms with Crippen LogP contribution in [0.1, 0.15) is 0 Å². The van der Waals surface area contributed by atoms with Crippen molar-refractivity contribution >= 4 is 32.8 Å². The predicted octanol–water partition coefficient (Wildman–Crippen LogP) is 4.40. The first-order valence-electron chi connectivity index (χ1n) is 7.28. The van der Waals surface area contributed by atoms with Crippen LogP contribution in [-0.4, -0.2) is 19.9 Å². The monoisotopic (exact) mass is 302 g/mol. The van der Waals surface area contributed by atoms with Crippen molar-refractivity contribution in [3.63, 3.8) is 0 Å². The van der Waals surface area contributed by atoms with Crippen LogP contribution in [0.4, 0.5) is 4.39 Å². The Morgan fingerprint density at radius 2 is 1.87 bits per heavy atom. The van der Waals surface area contributed by atoms with E-state index in [1.54, 1.807) is 12.5 Å². The van der Waals surface area contributed by atoms with Crippen LogP contribution < -0.4 is 0 Å². The second-order valence-electron chi connectivity index (χ2n) is 5.55. The highest BCUT2D eigenvalue weighted by atomic mass is 19.1. The van der Waals surface area contributed by atoms with Gasteiger partial charge in [0, 0.05) is 28.7 Å². The van der Waals surface area contributed by atoms with Crippen molar-refractivity contribution in [2.45, 2.75) is 0 Å². The topological polar surface area (TPSA) is 57.4 Å². The van der Waals surface area contributed by atoms with Crippen LogP contribution in [0.15, 0.2) is 55.1 Å². The third-order valence-corrected chi connectivity index (χ3v) is 4.21. The molecule has 110 valence electrons. The highest BCUT2D eigenvalue weighted by molar-refractivity contribution is 6.03. The highest BCUT2D eigenvalue weighted by Gasteiger charge is 2.12. The third kappa shape index (κ3) is 1.76. The summed E-state index contributed by atoms with van der Waals surface area (Å²) in [6.07, 6.45) is 5.18. The summed E-state index contributed by atoms with van der Waals surface area (Å²) in [5.74, 6) is -0.283. The van der Waals surface area contributed by atoms with Gasteiger partial charge in [0.05, 0.1) is 29.1 Å². The molecule has 2 aromatic carbocycles. The first kappa shape index (κ1) is 12.3. The van der Waals surface area contributed by atoms with E-state index < -0.39 is 0 Å². The Bertz CT molecular complexity index is 1190. The van der Waals surface area contributed by atoms with Crippen molar-refractivity contribution in [2.24, 2.45) is 0 Å². The summed E-state index contributed by atoms with van der Waals surface area (Å²) >= 11 is 0. The van der Waals surface area contributed by atoms with E-state index in [4.69, 9.17) is 0 Å². The van der Waals surface area contributed by atoms with E-state index in [1.807, 2.05) is 36.5 Å².